The van der Waals surface area contributed by atoms with Gasteiger partial charge in [-0.3, -0.25) is 4.98 Å². The molecule has 1 aromatic carbocycles. The molecule has 114 valence electrons. The molecule has 0 fully saturated rings. The summed E-state index contributed by atoms with van der Waals surface area (Å²) in [4.78, 5) is 4.49. The molecule has 0 spiro atoms. The normalized spacial score (nSPS) is 13.7. The van der Waals surface area contributed by atoms with Gasteiger partial charge in [0.05, 0.1) is 10.4 Å². The van der Waals surface area contributed by atoms with Gasteiger partial charge in [0.1, 0.15) is 0 Å². The summed E-state index contributed by atoms with van der Waals surface area (Å²) >= 11 is 3.38. The van der Waals surface area contributed by atoms with E-state index in [0.29, 0.717) is 10.9 Å². The molecule has 0 amide bonds. The Labute approximate surface area is 134 Å². The first-order valence-electron chi connectivity index (χ1n) is 6.87. The number of hydrogen-bond donors (Lipinski definition) is 1. The van der Waals surface area contributed by atoms with Gasteiger partial charge in [-0.2, -0.15) is 0 Å². The monoisotopic (exact) mass is 370 g/mol. The number of halogens is 1. The molecule has 0 saturated heterocycles. The zero-order chi connectivity index (χ0) is 15.5. The molecular weight excluding hydrogens is 352 g/mol. The number of hydrogen-bond acceptors (Lipinski definition) is 3. The number of aromatic nitrogens is 1. The summed E-state index contributed by atoms with van der Waals surface area (Å²) in [7, 11) is -3.56. The lowest BCUT2D eigenvalue weighted by molar-refractivity contribution is 0.440. The van der Waals surface area contributed by atoms with Crippen molar-refractivity contribution in [2.24, 2.45) is 5.92 Å². The molecule has 0 aliphatic carbocycles. The Morgan fingerprint density at radius 2 is 2.00 bits per heavy atom. The minimum absolute atomic E-state index is 0.0960. The topological polar surface area (TPSA) is 59.1 Å². The fourth-order valence-electron chi connectivity index (χ4n) is 2.22. The highest BCUT2D eigenvalue weighted by Gasteiger charge is 2.23. The van der Waals surface area contributed by atoms with E-state index in [-0.39, 0.29) is 16.9 Å². The first kappa shape index (κ1) is 16.4. The van der Waals surface area contributed by atoms with Gasteiger partial charge in [0.25, 0.3) is 0 Å². The molecule has 2 rings (SSSR count). The van der Waals surface area contributed by atoms with E-state index in [0.717, 1.165) is 11.8 Å². The van der Waals surface area contributed by atoms with Gasteiger partial charge in [0, 0.05) is 23.0 Å². The van der Waals surface area contributed by atoms with Crippen LogP contribution in [0.2, 0.25) is 0 Å². The molecule has 1 unspecified atom stereocenters. The molecule has 1 heterocycles. The third-order valence-electron chi connectivity index (χ3n) is 3.43. The van der Waals surface area contributed by atoms with Crippen molar-refractivity contribution in [3.8, 4) is 0 Å². The number of pyridine rings is 1. The van der Waals surface area contributed by atoms with Gasteiger partial charge in [0.15, 0.2) is 0 Å². The van der Waals surface area contributed by atoms with Crippen molar-refractivity contribution in [1.82, 2.24) is 9.71 Å². The summed E-state index contributed by atoms with van der Waals surface area (Å²) in [5.41, 5.74) is 0.682. The van der Waals surface area contributed by atoms with Crippen LogP contribution >= 0.6 is 15.9 Å². The molecule has 2 aromatic rings. The van der Waals surface area contributed by atoms with Crippen molar-refractivity contribution >= 4 is 36.9 Å². The van der Waals surface area contributed by atoms with Crippen LogP contribution < -0.4 is 4.72 Å². The van der Waals surface area contributed by atoms with Crippen LogP contribution in [0.1, 0.15) is 20.3 Å². The summed E-state index contributed by atoms with van der Waals surface area (Å²) in [6.07, 6.45) is 2.41. The Bertz CT molecular complexity index is 711. The van der Waals surface area contributed by atoms with E-state index in [1.54, 1.807) is 30.5 Å². The van der Waals surface area contributed by atoms with Crippen LogP contribution in [-0.2, 0) is 10.0 Å². The lowest BCUT2D eigenvalue weighted by Crippen LogP contribution is -2.38. The van der Waals surface area contributed by atoms with E-state index in [1.807, 2.05) is 19.9 Å². The van der Waals surface area contributed by atoms with E-state index >= 15 is 0 Å². The smallest absolute Gasteiger partial charge is 0.241 e. The molecule has 0 radical (unpaired) electrons. The Morgan fingerprint density at radius 1 is 1.24 bits per heavy atom. The summed E-state index contributed by atoms with van der Waals surface area (Å²) in [6.45, 7) is 4.03. The highest BCUT2D eigenvalue weighted by Crippen LogP contribution is 2.22. The molecule has 1 aromatic heterocycles. The van der Waals surface area contributed by atoms with Gasteiger partial charge in [-0.1, -0.05) is 35.8 Å². The number of nitrogens with one attached hydrogen (secondary N) is 1. The second kappa shape index (κ2) is 6.85. The van der Waals surface area contributed by atoms with Crippen molar-refractivity contribution in [2.75, 3.05) is 5.33 Å². The molecule has 0 bridgehead atoms. The molecule has 0 saturated carbocycles. The highest BCUT2D eigenvalue weighted by atomic mass is 79.9. The van der Waals surface area contributed by atoms with Crippen LogP contribution in [0.15, 0.2) is 41.4 Å². The number of alkyl halides is 1. The minimum Gasteiger partial charge on any atom is -0.256 e. The highest BCUT2D eigenvalue weighted by molar-refractivity contribution is 9.09. The maximum absolute atomic E-state index is 12.7. The predicted octanol–water partition coefficient (Wildman–Crippen LogP) is 3.32. The lowest BCUT2D eigenvalue weighted by atomic mass is 10.0. The summed E-state index contributed by atoms with van der Waals surface area (Å²) in [5.74, 6) is 0.227. The Hall–Kier alpha value is -0.980. The third-order valence-corrected chi connectivity index (χ3v) is 5.43. The van der Waals surface area contributed by atoms with E-state index in [1.165, 1.54) is 0 Å². The summed E-state index contributed by atoms with van der Waals surface area (Å²) in [5, 5.41) is 1.41. The largest absolute Gasteiger partial charge is 0.256 e. The van der Waals surface area contributed by atoms with Crippen molar-refractivity contribution in [1.29, 1.82) is 0 Å². The molecule has 0 aliphatic heterocycles. The lowest BCUT2D eigenvalue weighted by Gasteiger charge is -2.21. The zero-order valence-corrected chi connectivity index (χ0v) is 14.5. The maximum Gasteiger partial charge on any atom is 0.241 e. The quantitative estimate of drug-likeness (QED) is 0.793. The number of fused-ring (bicyclic) bond motifs is 1. The Morgan fingerprint density at radius 3 is 2.67 bits per heavy atom. The Kier molecular flexibility index (Phi) is 5.35. The van der Waals surface area contributed by atoms with Crippen molar-refractivity contribution in [3.63, 3.8) is 0 Å². The van der Waals surface area contributed by atoms with Gasteiger partial charge in [-0.05, 0) is 36.6 Å². The van der Waals surface area contributed by atoms with Crippen LogP contribution in [0, 0.1) is 5.92 Å². The fourth-order valence-corrected chi connectivity index (χ4v) is 4.35. The van der Waals surface area contributed by atoms with Crippen molar-refractivity contribution in [2.45, 2.75) is 31.2 Å². The first-order valence-corrected chi connectivity index (χ1v) is 9.48. The van der Waals surface area contributed by atoms with Gasteiger partial charge in [-0.25, -0.2) is 13.1 Å². The fraction of sp³-hybridized carbons (Fsp3) is 0.400. The molecule has 21 heavy (non-hydrogen) atoms. The number of benzene rings is 1. The molecule has 1 N–H and O–H groups in total. The van der Waals surface area contributed by atoms with Gasteiger partial charge in [0.2, 0.25) is 10.0 Å². The predicted molar refractivity (Wildman–Crippen MR) is 89.1 cm³/mol. The molecule has 4 nitrogen and oxygen atoms in total. The summed E-state index contributed by atoms with van der Waals surface area (Å²) < 4.78 is 28.2. The SMILES string of the molecule is CC(C)C(CCBr)NS(=O)(=O)c1cccc2ncccc12. The van der Waals surface area contributed by atoms with Crippen LogP contribution in [0.5, 0.6) is 0 Å². The second-order valence-electron chi connectivity index (χ2n) is 5.28. The average Bonchev–Trinajstić information content (AvgIpc) is 2.46. The van der Waals surface area contributed by atoms with Crippen molar-refractivity contribution < 1.29 is 8.42 Å². The van der Waals surface area contributed by atoms with Gasteiger partial charge in [-0.15, -0.1) is 0 Å². The molecule has 1 atom stereocenters. The van der Waals surface area contributed by atoms with Crippen LogP contribution in [0.3, 0.4) is 0 Å². The minimum atomic E-state index is -3.56. The first-order chi connectivity index (χ1) is 9.95. The molecule has 0 aliphatic rings. The number of nitrogens with zero attached hydrogens (tertiary/aromatic N) is 1. The standard InChI is InChI=1S/C15H19BrN2O2S/c1-11(2)13(8-9-16)18-21(19,20)15-7-3-6-14-12(15)5-4-10-17-14/h3-7,10-11,13,18H,8-9H2,1-2H3. The number of sulfonamides is 1. The van der Waals surface area contributed by atoms with Crippen molar-refractivity contribution in [3.05, 3.63) is 36.5 Å². The van der Waals surface area contributed by atoms with E-state index in [9.17, 15) is 8.42 Å². The van der Waals surface area contributed by atoms with E-state index in [2.05, 4.69) is 25.6 Å². The van der Waals surface area contributed by atoms with E-state index < -0.39 is 10.0 Å². The second-order valence-corrected chi connectivity index (χ2v) is 7.75. The molecule has 6 heteroatoms. The van der Waals surface area contributed by atoms with E-state index in [4.69, 9.17) is 0 Å². The van der Waals surface area contributed by atoms with Gasteiger partial charge < -0.3 is 0 Å². The maximum atomic E-state index is 12.7. The average molecular weight is 371 g/mol. The van der Waals surface area contributed by atoms with Crippen LogP contribution in [0.4, 0.5) is 0 Å². The Balaban J connectivity index is 2.42. The van der Waals surface area contributed by atoms with Gasteiger partial charge >= 0.3 is 0 Å². The molecular formula is C15H19BrN2O2S. The van der Waals surface area contributed by atoms with Crippen LogP contribution in [-0.4, -0.2) is 24.8 Å². The summed E-state index contributed by atoms with van der Waals surface area (Å²) in [6, 6.07) is 8.59. The number of rotatable bonds is 6. The zero-order valence-electron chi connectivity index (χ0n) is 12.1. The third kappa shape index (κ3) is 3.81. The van der Waals surface area contributed by atoms with Crippen LogP contribution in [0.25, 0.3) is 10.9 Å².